The molecule has 1 atom stereocenters. The van der Waals surface area contributed by atoms with Crippen LogP contribution in [-0.4, -0.2) is 15.5 Å². The van der Waals surface area contributed by atoms with Gasteiger partial charge in [0.2, 0.25) is 5.91 Å². The predicted octanol–water partition coefficient (Wildman–Crippen LogP) is 2.27. The van der Waals surface area contributed by atoms with Crippen molar-refractivity contribution in [2.45, 2.75) is 38.3 Å². The first-order chi connectivity index (χ1) is 13.1. The van der Waals surface area contributed by atoms with Gasteiger partial charge < -0.3 is 10.3 Å². The molecule has 6 heteroatoms. The Morgan fingerprint density at radius 1 is 1.11 bits per heavy atom. The lowest BCUT2D eigenvalue weighted by atomic mass is 9.88. The number of para-hydroxylation sites is 1. The van der Waals surface area contributed by atoms with Crippen LogP contribution in [0.4, 0.5) is 0 Å². The molecule has 0 spiro atoms. The van der Waals surface area contributed by atoms with Crippen molar-refractivity contribution in [3.63, 3.8) is 0 Å². The van der Waals surface area contributed by atoms with E-state index in [1.165, 1.54) is 5.56 Å². The SMILES string of the molecule is O=C(CCn1c(=O)[nH]c2ccccc2c1=O)NC1CCCc2ccccc21. The number of carbonyl (C=O) groups excluding carboxylic acids is 1. The predicted molar refractivity (Wildman–Crippen MR) is 104 cm³/mol. The molecule has 0 aliphatic heterocycles. The van der Waals surface area contributed by atoms with Crippen LogP contribution in [0.1, 0.15) is 36.4 Å². The lowest BCUT2D eigenvalue weighted by molar-refractivity contribution is -0.122. The molecule has 0 fully saturated rings. The van der Waals surface area contributed by atoms with Gasteiger partial charge in [-0.05, 0) is 42.5 Å². The first-order valence-corrected chi connectivity index (χ1v) is 9.22. The van der Waals surface area contributed by atoms with Gasteiger partial charge in [0.05, 0.1) is 16.9 Å². The van der Waals surface area contributed by atoms with Gasteiger partial charge >= 0.3 is 5.69 Å². The molecule has 1 heterocycles. The normalized spacial score (nSPS) is 16.1. The molecule has 6 nitrogen and oxygen atoms in total. The molecule has 2 aromatic carbocycles. The Labute approximate surface area is 155 Å². The number of nitrogens with one attached hydrogen (secondary N) is 2. The molecular weight excluding hydrogens is 342 g/mol. The van der Waals surface area contributed by atoms with E-state index >= 15 is 0 Å². The summed E-state index contributed by atoms with van der Waals surface area (Å²) in [6.45, 7) is 0.0548. The van der Waals surface area contributed by atoms with E-state index in [9.17, 15) is 14.4 Å². The van der Waals surface area contributed by atoms with E-state index < -0.39 is 5.69 Å². The lowest BCUT2D eigenvalue weighted by Crippen LogP contribution is -2.37. The highest BCUT2D eigenvalue weighted by molar-refractivity contribution is 5.77. The minimum Gasteiger partial charge on any atom is -0.349 e. The van der Waals surface area contributed by atoms with Crippen molar-refractivity contribution < 1.29 is 4.79 Å². The van der Waals surface area contributed by atoms with Gasteiger partial charge in [-0.1, -0.05) is 36.4 Å². The van der Waals surface area contributed by atoms with Crippen LogP contribution >= 0.6 is 0 Å². The third kappa shape index (κ3) is 3.43. The van der Waals surface area contributed by atoms with E-state index in [4.69, 9.17) is 0 Å². The molecule has 0 radical (unpaired) electrons. The zero-order valence-corrected chi connectivity index (χ0v) is 14.9. The maximum atomic E-state index is 12.5. The van der Waals surface area contributed by atoms with E-state index in [-0.39, 0.29) is 30.5 Å². The van der Waals surface area contributed by atoms with Crippen LogP contribution in [0.3, 0.4) is 0 Å². The Hall–Kier alpha value is -3.15. The zero-order valence-electron chi connectivity index (χ0n) is 14.9. The number of H-pyrrole nitrogens is 1. The minimum absolute atomic E-state index is 0.00550. The van der Waals surface area contributed by atoms with Crippen molar-refractivity contribution in [1.29, 1.82) is 0 Å². The molecule has 4 rings (SSSR count). The van der Waals surface area contributed by atoms with Crippen molar-refractivity contribution in [1.82, 2.24) is 14.9 Å². The fourth-order valence-corrected chi connectivity index (χ4v) is 3.79. The number of aromatic amines is 1. The summed E-state index contributed by atoms with van der Waals surface area (Å²) < 4.78 is 1.09. The molecule has 138 valence electrons. The second kappa shape index (κ2) is 7.23. The van der Waals surface area contributed by atoms with Gasteiger partial charge in [0.15, 0.2) is 0 Å². The largest absolute Gasteiger partial charge is 0.349 e. The van der Waals surface area contributed by atoms with E-state index in [1.54, 1.807) is 24.3 Å². The number of fused-ring (bicyclic) bond motifs is 2. The van der Waals surface area contributed by atoms with Crippen LogP contribution in [0.2, 0.25) is 0 Å². The summed E-state index contributed by atoms with van der Waals surface area (Å²) in [5.41, 5.74) is 2.08. The lowest BCUT2D eigenvalue weighted by Gasteiger charge is -2.26. The third-order valence-electron chi connectivity index (χ3n) is 5.16. The van der Waals surface area contributed by atoms with Crippen LogP contribution in [0.5, 0.6) is 0 Å². The molecule has 0 saturated heterocycles. The topological polar surface area (TPSA) is 84.0 Å². The summed E-state index contributed by atoms with van der Waals surface area (Å²) in [5, 5.41) is 3.50. The minimum atomic E-state index is -0.491. The quantitative estimate of drug-likeness (QED) is 0.746. The number of aryl methyl sites for hydroxylation is 1. The van der Waals surface area contributed by atoms with Crippen LogP contribution in [-0.2, 0) is 17.8 Å². The number of benzene rings is 2. The van der Waals surface area contributed by atoms with Crippen LogP contribution in [0.25, 0.3) is 10.9 Å². The molecule has 1 unspecified atom stereocenters. The summed E-state index contributed by atoms with van der Waals surface area (Å²) in [4.78, 5) is 39.9. The average molecular weight is 363 g/mol. The number of aromatic nitrogens is 2. The first-order valence-electron chi connectivity index (χ1n) is 9.22. The van der Waals surface area contributed by atoms with Crippen molar-refractivity contribution in [2.24, 2.45) is 0 Å². The van der Waals surface area contributed by atoms with Crippen molar-refractivity contribution >= 4 is 16.8 Å². The second-order valence-corrected chi connectivity index (χ2v) is 6.89. The molecule has 0 saturated carbocycles. The van der Waals surface area contributed by atoms with E-state index in [1.807, 2.05) is 12.1 Å². The molecule has 1 amide bonds. The summed E-state index contributed by atoms with van der Waals surface area (Å²) in [7, 11) is 0. The van der Waals surface area contributed by atoms with Crippen molar-refractivity contribution in [3.05, 3.63) is 80.5 Å². The highest BCUT2D eigenvalue weighted by atomic mass is 16.2. The van der Waals surface area contributed by atoms with Gasteiger partial charge in [0.1, 0.15) is 0 Å². The summed E-state index contributed by atoms with van der Waals surface area (Å²) in [5.74, 6) is -0.156. The Morgan fingerprint density at radius 2 is 1.89 bits per heavy atom. The molecule has 0 bridgehead atoms. The average Bonchev–Trinajstić information content (AvgIpc) is 2.68. The molecular formula is C21H21N3O3. The van der Waals surface area contributed by atoms with Gasteiger partial charge in [0.25, 0.3) is 5.56 Å². The van der Waals surface area contributed by atoms with Gasteiger partial charge in [-0.2, -0.15) is 0 Å². The molecule has 1 aromatic heterocycles. The number of hydrogen-bond acceptors (Lipinski definition) is 3. The van der Waals surface area contributed by atoms with Crippen LogP contribution < -0.4 is 16.6 Å². The second-order valence-electron chi connectivity index (χ2n) is 6.89. The van der Waals surface area contributed by atoms with Crippen LogP contribution in [0, 0.1) is 0 Å². The standard InChI is InChI=1S/C21H21N3O3/c25-19(22-17-11-5-7-14-6-1-2-8-15(14)17)12-13-24-20(26)16-9-3-4-10-18(16)23-21(24)27/h1-4,6,8-10,17H,5,7,11-13H2,(H,22,25)(H,23,27). The van der Waals surface area contributed by atoms with Gasteiger partial charge in [-0.15, -0.1) is 0 Å². The van der Waals surface area contributed by atoms with Crippen molar-refractivity contribution in [2.75, 3.05) is 0 Å². The fraction of sp³-hybridized carbons (Fsp3) is 0.286. The smallest absolute Gasteiger partial charge is 0.328 e. The van der Waals surface area contributed by atoms with E-state index in [2.05, 4.69) is 22.4 Å². The van der Waals surface area contributed by atoms with E-state index in [0.29, 0.717) is 10.9 Å². The number of carbonyl (C=O) groups is 1. The highest BCUT2D eigenvalue weighted by Gasteiger charge is 2.21. The molecule has 2 N–H and O–H groups in total. The number of amides is 1. The van der Waals surface area contributed by atoms with E-state index in [0.717, 1.165) is 29.4 Å². The summed E-state index contributed by atoms with van der Waals surface area (Å²) in [6, 6.07) is 15.0. The van der Waals surface area contributed by atoms with Crippen molar-refractivity contribution in [3.8, 4) is 0 Å². The molecule has 3 aromatic rings. The monoisotopic (exact) mass is 363 g/mol. The maximum absolute atomic E-state index is 12.5. The fourth-order valence-electron chi connectivity index (χ4n) is 3.79. The first kappa shape index (κ1) is 17.3. The number of hydrogen-bond donors (Lipinski definition) is 2. The highest BCUT2D eigenvalue weighted by Crippen LogP contribution is 2.29. The Bertz CT molecular complexity index is 1110. The molecule has 1 aliphatic carbocycles. The summed E-state index contributed by atoms with van der Waals surface area (Å²) in [6.07, 6.45) is 3.05. The van der Waals surface area contributed by atoms with Gasteiger partial charge in [0, 0.05) is 13.0 Å². The maximum Gasteiger partial charge on any atom is 0.328 e. The van der Waals surface area contributed by atoms with Gasteiger partial charge in [-0.3, -0.25) is 14.2 Å². The number of rotatable bonds is 4. The summed E-state index contributed by atoms with van der Waals surface area (Å²) >= 11 is 0. The van der Waals surface area contributed by atoms with Gasteiger partial charge in [-0.25, -0.2) is 4.79 Å². The molecule has 1 aliphatic rings. The Kier molecular flexibility index (Phi) is 4.62. The molecule has 27 heavy (non-hydrogen) atoms. The zero-order chi connectivity index (χ0) is 18.8. The Balaban J connectivity index is 1.49. The number of nitrogens with zero attached hydrogens (tertiary/aromatic N) is 1. The Morgan fingerprint density at radius 3 is 2.78 bits per heavy atom. The third-order valence-corrected chi connectivity index (χ3v) is 5.16. The van der Waals surface area contributed by atoms with Crippen LogP contribution in [0.15, 0.2) is 58.1 Å².